The number of carbonyl (C=O) groups is 1. The summed E-state index contributed by atoms with van der Waals surface area (Å²) in [5.41, 5.74) is -0.0156. The first-order chi connectivity index (χ1) is 9.68. The molecular formula is C17H32N2O2. The zero-order valence-corrected chi connectivity index (χ0v) is 14.4. The summed E-state index contributed by atoms with van der Waals surface area (Å²) in [6.45, 7) is 13.0. The van der Waals surface area contributed by atoms with Crippen LogP contribution in [0.1, 0.15) is 60.3 Å². The monoisotopic (exact) mass is 296 g/mol. The zero-order chi connectivity index (χ0) is 15.7. The Bertz CT molecular complexity index is 373. The molecule has 0 aromatic heterocycles. The van der Waals surface area contributed by atoms with Crippen molar-refractivity contribution in [1.82, 2.24) is 10.2 Å². The van der Waals surface area contributed by atoms with Gasteiger partial charge in [0.25, 0.3) is 0 Å². The number of ether oxygens (including phenoxy) is 1. The summed E-state index contributed by atoms with van der Waals surface area (Å²) in [4.78, 5) is 14.5. The first-order valence-corrected chi connectivity index (χ1v) is 8.38. The van der Waals surface area contributed by atoms with E-state index in [0.29, 0.717) is 11.3 Å². The molecule has 1 saturated heterocycles. The molecule has 2 aliphatic rings. The molecule has 4 heteroatoms. The highest BCUT2D eigenvalue weighted by Gasteiger charge is 2.39. The Morgan fingerprint density at radius 2 is 2.05 bits per heavy atom. The maximum atomic E-state index is 12.5. The van der Waals surface area contributed by atoms with Crippen LogP contribution in [0, 0.1) is 11.3 Å². The molecule has 0 aromatic carbocycles. The number of hydrogen-bond donors (Lipinski definition) is 1. The van der Waals surface area contributed by atoms with Crippen LogP contribution >= 0.6 is 0 Å². The minimum atomic E-state index is -0.418. The van der Waals surface area contributed by atoms with E-state index in [1.165, 1.54) is 25.7 Å². The van der Waals surface area contributed by atoms with E-state index < -0.39 is 5.60 Å². The molecule has 4 nitrogen and oxygen atoms in total. The van der Waals surface area contributed by atoms with Gasteiger partial charge in [-0.2, -0.15) is 0 Å². The molecular weight excluding hydrogens is 264 g/mol. The van der Waals surface area contributed by atoms with E-state index in [0.717, 1.165) is 19.6 Å². The average Bonchev–Trinajstić information content (AvgIpc) is 2.35. The second-order valence-corrected chi connectivity index (χ2v) is 8.47. The summed E-state index contributed by atoms with van der Waals surface area (Å²) in [6, 6.07) is 0.285. The van der Waals surface area contributed by atoms with Gasteiger partial charge in [-0.25, -0.2) is 4.79 Å². The van der Waals surface area contributed by atoms with Crippen molar-refractivity contribution in [2.45, 2.75) is 71.9 Å². The fourth-order valence-electron chi connectivity index (χ4n) is 3.78. The predicted octanol–water partition coefficient (Wildman–Crippen LogP) is 3.41. The van der Waals surface area contributed by atoms with E-state index in [2.05, 4.69) is 19.2 Å². The van der Waals surface area contributed by atoms with Crippen LogP contribution in [0.3, 0.4) is 0 Å². The number of carbonyl (C=O) groups excluding carboxylic acids is 1. The molecule has 1 aliphatic heterocycles. The van der Waals surface area contributed by atoms with Crippen LogP contribution in [0.2, 0.25) is 0 Å². The summed E-state index contributed by atoms with van der Waals surface area (Å²) >= 11 is 0. The number of amides is 1. The van der Waals surface area contributed by atoms with Crippen molar-refractivity contribution >= 4 is 6.09 Å². The molecule has 2 unspecified atom stereocenters. The number of nitrogens with zero attached hydrogens (tertiary/aromatic N) is 1. The fourth-order valence-corrected chi connectivity index (χ4v) is 3.78. The average molecular weight is 296 g/mol. The summed E-state index contributed by atoms with van der Waals surface area (Å²) in [5.74, 6) is 0.592. The van der Waals surface area contributed by atoms with E-state index in [-0.39, 0.29) is 12.1 Å². The number of hydrogen-bond acceptors (Lipinski definition) is 3. The van der Waals surface area contributed by atoms with Gasteiger partial charge in [-0.3, -0.25) is 0 Å². The van der Waals surface area contributed by atoms with Crippen LogP contribution < -0.4 is 5.32 Å². The molecule has 0 bridgehead atoms. The zero-order valence-electron chi connectivity index (χ0n) is 14.4. The van der Waals surface area contributed by atoms with Gasteiger partial charge in [0.15, 0.2) is 0 Å². The van der Waals surface area contributed by atoms with Crippen molar-refractivity contribution in [3.8, 4) is 0 Å². The lowest BCUT2D eigenvalue weighted by Crippen LogP contribution is -2.58. The third kappa shape index (κ3) is 4.60. The van der Waals surface area contributed by atoms with E-state index in [1.54, 1.807) is 0 Å². The summed E-state index contributed by atoms with van der Waals surface area (Å²) in [7, 11) is 0. The maximum Gasteiger partial charge on any atom is 0.410 e. The van der Waals surface area contributed by atoms with Crippen LogP contribution in [-0.2, 0) is 4.74 Å². The largest absolute Gasteiger partial charge is 0.444 e. The van der Waals surface area contributed by atoms with Gasteiger partial charge in [0.2, 0.25) is 0 Å². The highest BCUT2D eigenvalue weighted by molar-refractivity contribution is 5.68. The van der Waals surface area contributed by atoms with Gasteiger partial charge >= 0.3 is 6.09 Å². The molecule has 2 atom stereocenters. The molecule has 2 fully saturated rings. The topological polar surface area (TPSA) is 41.6 Å². The molecule has 0 spiro atoms. The Hall–Kier alpha value is -0.770. The Morgan fingerprint density at radius 1 is 1.33 bits per heavy atom. The quantitative estimate of drug-likeness (QED) is 0.806. The maximum absolute atomic E-state index is 12.5. The first kappa shape index (κ1) is 16.6. The summed E-state index contributed by atoms with van der Waals surface area (Å²) in [6.07, 6.45) is 4.87. The van der Waals surface area contributed by atoms with Crippen molar-refractivity contribution < 1.29 is 9.53 Å². The summed E-state index contributed by atoms with van der Waals surface area (Å²) < 4.78 is 5.61. The van der Waals surface area contributed by atoms with Crippen LogP contribution in [-0.4, -0.2) is 42.3 Å². The van der Waals surface area contributed by atoms with E-state index in [1.807, 2.05) is 25.7 Å². The lowest BCUT2D eigenvalue weighted by molar-refractivity contribution is -0.00421. The van der Waals surface area contributed by atoms with Crippen molar-refractivity contribution in [2.24, 2.45) is 11.3 Å². The minimum absolute atomic E-state index is 0.141. The first-order valence-electron chi connectivity index (χ1n) is 8.38. The fraction of sp³-hybridized carbons (Fsp3) is 0.941. The number of nitrogens with one attached hydrogen (secondary N) is 1. The SMILES string of the molecule is CC1(C)CCCC(C2CNCCN2C(=O)OC(C)(C)C)C1. The highest BCUT2D eigenvalue weighted by atomic mass is 16.6. The Balaban J connectivity index is 2.06. The van der Waals surface area contributed by atoms with E-state index in [4.69, 9.17) is 4.74 Å². The van der Waals surface area contributed by atoms with Crippen LogP contribution in [0.4, 0.5) is 4.79 Å². The lowest BCUT2D eigenvalue weighted by atomic mass is 9.69. The molecule has 1 heterocycles. The molecule has 1 amide bonds. The Kier molecular flexibility index (Phi) is 4.86. The van der Waals surface area contributed by atoms with Gasteiger partial charge in [-0.05, 0) is 51.4 Å². The van der Waals surface area contributed by atoms with Gasteiger partial charge < -0.3 is 15.0 Å². The van der Waals surface area contributed by atoms with Crippen molar-refractivity contribution in [2.75, 3.05) is 19.6 Å². The highest BCUT2D eigenvalue weighted by Crippen LogP contribution is 2.41. The molecule has 1 N–H and O–H groups in total. The van der Waals surface area contributed by atoms with Crippen molar-refractivity contribution in [3.05, 3.63) is 0 Å². The summed E-state index contributed by atoms with van der Waals surface area (Å²) in [5, 5.41) is 3.46. The molecule has 0 aromatic rings. The Labute approximate surface area is 129 Å². The Morgan fingerprint density at radius 3 is 2.67 bits per heavy atom. The number of rotatable bonds is 1. The van der Waals surface area contributed by atoms with Crippen molar-refractivity contribution in [1.29, 1.82) is 0 Å². The normalized spacial score (nSPS) is 30.0. The van der Waals surface area contributed by atoms with Gasteiger partial charge in [0.05, 0.1) is 6.04 Å². The van der Waals surface area contributed by atoms with Crippen LogP contribution in [0.15, 0.2) is 0 Å². The third-order valence-corrected chi connectivity index (χ3v) is 4.70. The van der Waals surface area contributed by atoms with Crippen LogP contribution in [0.25, 0.3) is 0 Å². The van der Waals surface area contributed by atoms with Crippen LogP contribution in [0.5, 0.6) is 0 Å². The second kappa shape index (κ2) is 6.15. The van der Waals surface area contributed by atoms with Gasteiger partial charge in [-0.1, -0.05) is 20.3 Å². The molecule has 1 aliphatic carbocycles. The number of piperazine rings is 1. The van der Waals surface area contributed by atoms with E-state index in [9.17, 15) is 4.79 Å². The molecule has 0 radical (unpaired) electrons. The van der Waals surface area contributed by atoms with Crippen molar-refractivity contribution in [3.63, 3.8) is 0 Å². The molecule has 2 rings (SSSR count). The third-order valence-electron chi connectivity index (χ3n) is 4.70. The van der Waals surface area contributed by atoms with Gasteiger partial charge in [0, 0.05) is 19.6 Å². The van der Waals surface area contributed by atoms with E-state index >= 15 is 0 Å². The standard InChI is InChI=1S/C17H32N2O2/c1-16(2,3)21-15(20)19-10-9-18-12-14(19)13-7-6-8-17(4,5)11-13/h13-14,18H,6-12H2,1-5H3. The molecule has 21 heavy (non-hydrogen) atoms. The predicted molar refractivity (Wildman–Crippen MR) is 85.3 cm³/mol. The molecule has 122 valence electrons. The lowest BCUT2D eigenvalue weighted by Gasteiger charge is -2.45. The minimum Gasteiger partial charge on any atom is -0.444 e. The van der Waals surface area contributed by atoms with Gasteiger partial charge in [0.1, 0.15) is 5.60 Å². The van der Waals surface area contributed by atoms with Gasteiger partial charge in [-0.15, -0.1) is 0 Å². The second-order valence-electron chi connectivity index (χ2n) is 8.47. The smallest absolute Gasteiger partial charge is 0.410 e. The molecule has 1 saturated carbocycles.